The molecule has 0 bridgehead atoms. The molecule has 0 spiro atoms. The minimum Gasteiger partial charge on any atom is -0.504 e. The third-order valence-corrected chi connectivity index (χ3v) is 3.56. The van der Waals surface area contributed by atoms with E-state index in [4.69, 9.17) is 0 Å². The number of nitrogens with one attached hydrogen (secondary N) is 1. The van der Waals surface area contributed by atoms with Gasteiger partial charge in [-0.1, -0.05) is 56.5 Å². The molecule has 1 aromatic heterocycles. The summed E-state index contributed by atoms with van der Waals surface area (Å²) >= 11 is 0. The van der Waals surface area contributed by atoms with Gasteiger partial charge in [0.1, 0.15) is 0 Å². The molecule has 0 fully saturated rings. The fourth-order valence-electron chi connectivity index (χ4n) is 2.29. The van der Waals surface area contributed by atoms with Crippen LogP contribution in [0.1, 0.15) is 49.9 Å². The van der Waals surface area contributed by atoms with Crippen molar-refractivity contribution in [2.24, 2.45) is 0 Å². The van der Waals surface area contributed by atoms with Crippen LogP contribution in [0.2, 0.25) is 0 Å². The van der Waals surface area contributed by atoms with Crippen molar-refractivity contribution < 1.29 is 34.7 Å². The van der Waals surface area contributed by atoms with Gasteiger partial charge in [0.2, 0.25) is 5.95 Å². The zero-order chi connectivity index (χ0) is 15.1. The summed E-state index contributed by atoms with van der Waals surface area (Å²) in [7, 11) is 0. The van der Waals surface area contributed by atoms with Crippen LogP contribution in [0.25, 0.3) is 0 Å². The number of hydrogen-bond acceptors (Lipinski definition) is 4. The van der Waals surface area contributed by atoms with Crippen LogP contribution in [-0.2, 0) is 0 Å². The molecule has 22 heavy (non-hydrogen) atoms. The van der Waals surface area contributed by atoms with Gasteiger partial charge in [-0.25, -0.2) is 9.97 Å². The van der Waals surface area contributed by atoms with Gasteiger partial charge in [-0.3, -0.25) is 0 Å². The molecule has 0 aliphatic heterocycles. The van der Waals surface area contributed by atoms with Crippen molar-refractivity contribution in [2.45, 2.75) is 45.6 Å². The summed E-state index contributed by atoms with van der Waals surface area (Å²) in [5.41, 5.74) is 1.83. The molecule has 5 heteroatoms. The van der Waals surface area contributed by atoms with Crippen LogP contribution in [0.4, 0.5) is 5.95 Å². The molecule has 2 aromatic rings. The summed E-state index contributed by atoms with van der Waals surface area (Å²) < 4.78 is 0. The molecule has 2 rings (SSSR count). The van der Waals surface area contributed by atoms with Gasteiger partial charge >= 0.3 is 29.6 Å². The van der Waals surface area contributed by atoms with E-state index in [0.29, 0.717) is 11.6 Å². The van der Waals surface area contributed by atoms with Crippen LogP contribution in [0.3, 0.4) is 0 Å². The van der Waals surface area contributed by atoms with Gasteiger partial charge in [0, 0.05) is 0 Å². The Labute approximate surface area is 154 Å². The van der Waals surface area contributed by atoms with E-state index in [9.17, 15) is 5.11 Å². The summed E-state index contributed by atoms with van der Waals surface area (Å²) in [6.45, 7) is 3.98. The van der Waals surface area contributed by atoms with E-state index in [0.717, 1.165) is 6.42 Å². The monoisotopic (exact) mass is 308 g/mol. The van der Waals surface area contributed by atoms with E-state index in [1.54, 1.807) is 6.92 Å². The van der Waals surface area contributed by atoms with Gasteiger partial charge < -0.3 is 10.4 Å². The van der Waals surface area contributed by atoms with Crippen molar-refractivity contribution in [3.05, 3.63) is 47.8 Å². The van der Waals surface area contributed by atoms with Crippen molar-refractivity contribution in [2.75, 3.05) is 5.32 Å². The summed E-state index contributed by atoms with van der Waals surface area (Å²) in [5.74, 6) is 0.693. The average Bonchev–Trinajstić information content (AvgIpc) is 2.51. The Kier molecular flexibility index (Phi) is 8.46. The summed E-state index contributed by atoms with van der Waals surface area (Å²) in [4.78, 5) is 8.45. The van der Waals surface area contributed by atoms with Crippen molar-refractivity contribution in [1.82, 2.24) is 9.97 Å². The Morgan fingerprint density at radius 2 is 1.91 bits per heavy atom. The molecule has 0 saturated heterocycles. The molecule has 0 amide bonds. The average molecular weight is 308 g/mol. The first-order chi connectivity index (χ1) is 10.2. The third kappa shape index (κ3) is 5.59. The number of nitrogens with zero attached hydrogens (tertiary/aromatic N) is 2. The number of aryl methyl sites for hydroxylation is 1. The van der Waals surface area contributed by atoms with Crippen molar-refractivity contribution >= 4 is 5.95 Å². The van der Waals surface area contributed by atoms with Gasteiger partial charge in [-0.05, 0) is 18.9 Å². The number of unbranched alkanes of at least 4 members (excludes halogenated alkanes) is 2. The zero-order valence-electron chi connectivity index (χ0n) is 13.7. The van der Waals surface area contributed by atoms with Gasteiger partial charge in [0.15, 0.2) is 5.75 Å². The molecule has 0 saturated carbocycles. The first-order valence-electron chi connectivity index (χ1n) is 7.54. The number of aromatic nitrogens is 2. The van der Waals surface area contributed by atoms with E-state index < -0.39 is 0 Å². The number of rotatable bonds is 7. The topological polar surface area (TPSA) is 58.0 Å². The molecule has 1 aromatic carbocycles. The summed E-state index contributed by atoms with van der Waals surface area (Å²) in [6, 6.07) is 10.6. The maximum atomic E-state index is 9.52. The Morgan fingerprint density at radius 1 is 1.18 bits per heavy atom. The van der Waals surface area contributed by atoms with E-state index in [2.05, 4.69) is 34.3 Å². The molecular weight excluding hydrogens is 285 g/mol. The minimum absolute atomic E-state index is 0. The molecule has 1 atom stereocenters. The molecule has 0 aliphatic rings. The number of anilines is 1. The van der Waals surface area contributed by atoms with Crippen LogP contribution < -0.4 is 34.9 Å². The Bertz CT molecular complexity index is 563. The van der Waals surface area contributed by atoms with Crippen LogP contribution in [0.5, 0.6) is 5.75 Å². The molecule has 1 unspecified atom stereocenters. The Balaban J connectivity index is 0.00000242. The van der Waals surface area contributed by atoms with Gasteiger partial charge in [-0.15, -0.1) is 0 Å². The van der Waals surface area contributed by atoms with E-state index in [1.807, 2.05) is 18.2 Å². The third-order valence-electron chi connectivity index (χ3n) is 3.56. The minimum atomic E-state index is 0. The number of benzene rings is 1. The second-order valence-electron chi connectivity index (χ2n) is 5.27. The Morgan fingerprint density at radius 3 is 2.55 bits per heavy atom. The van der Waals surface area contributed by atoms with Crippen molar-refractivity contribution in [3.8, 4) is 5.75 Å². The predicted molar refractivity (Wildman–Crippen MR) is 85.4 cm³/mol. The smallest absolute Gasteiger partial charge is 0.504 e. The number of aromatic hydroxyl groups is 1. The van der Waals surface area contributed by atoms with Gasteiger partial charge in [0.05, 0.1) is 17.9 Å². The molecule has 2 N–H and O–H groups in total. The molecular formula is C17H23N3NaO+. The Hall–Kier alpha value is -1.10. The van der Waals surface area contributed by atoms with Crippen molar-refractivity contribution in [3.63, 3.8) is 0 Å². The molecule has 4 nitrogen and oxygen atoms in total. The first kappa shape index (κ1) is 18.9. The van der Waals surface area contributed by atoms with Crippen molar-refractivity contribution in [1.29, 1.82) is 0 Å². The van der Waals surface area contributed by atoms with Crippen LogP contribution in [-0.4, -0.2) is 15.1 Å². The predicted octanol–water partition coefficient (Wildman–Crippen LogP) is 1.23. The quantitative estimate of drug-likeness (QED) is 0.597. The summed E-state index contributed by atoms with van der Waals surface area (Å²) in [6.07, 6.45) is 6.08. The molecule has 1 heterocycles. The SMILES string of the molecule is CCCCCC(Nc1ncc(O)c(C)n1)c1ccccc1.[Na+]. The van der Waals surface area contributed by atoms with Crippen LogP contribution in [0.15, 0.2) is 36.5 Å². The summed E-state index contributed by atoms with van der Waals surface area (Å²) in [5, 5.41) is 12.9. The second-order valence-corrected chi connectivity index (χ2v) is 5.27. The number of hydrogen-bond donors (Lipinski definition) is 2. The maximum absolute atomic E-state index is 9.52. The standard InChI is InChI=1S/C17H23N3O.Na/c1-3-4-6-11-15(14-9-7-5-8-10-14)20-17-18-12-16(21)13(2)19-17;/h5,7-10,12,15,21H,3-4,6,11H2,1-2H3,(H,18,19,20);/q;+1. The zero-order valence-corrected chi connectivity index (χ0v) is 15.7. The van der Waals surface area contributed by atoms with E-state index in [1.165, 1.54) is 31.0 Å². The molecule has 0 radical (unpaired) electrons. The fraction of sp³-hybridized carbons (Fsp3) is 0.412. The first-order valence-corrected chi connectivity index (χ1v) is 7.54. The molecule has 0 aliphatic carbocycles. The van der Waals surface area contributed by atoms with Crippen LogP contribution in [0, 0.1) is 6.92 Å². The largest absolute Gasteiger partial charge is 1.00 e. The van der Waals surface area contributed by atoms with Gasteiger partial charge in [0.25, 0.3) is 0 Å². The fourth-order valence-corrected chi connectivity index (χ4v) is 2.29. The molecule has 112 valence electrons. The van der Waals surface area contributed by atoms with E-state index in [-0.39, 0.29) is 41.3 Å². The second kappa shape index (κ2) is 9.82. The normalized spacial score (nSPS) is 11.5. The maximum Gasteiger partial charge on any atom is 1.00 e. The van der Waals surface area contributed by atoms with Crippen LogP contribution >= 0.6 is 0 Å². The van der Waals surface area contributed by atoms with Gasteiger partial charge in [-0.2, -0.15) is 0 Å². The van der Waals surface area contributed by atoms with E-state index >= 15 is 0 Å².